The molecule has 0 spiro atoms. The van der Waals surface area contributed by atoms with Crippen LogP contribution in [0.4, 0.5) is 0 Å². The summed E-state index contributed by atoms with van der Waals surface area (Å²) in [5, 5.41) is 8.43. The van der Waals surface area contributed by atoms with Gasteiger partial charge >= 0.3 is 17.9 Å². The van der Waals surface area contributed by atoms with E-state index in [9.17, 15) is 14.4 Å². The molecule has 0 unspecified atom stereocenters. The van der Waals surface area contributed by atoms with E-state index in [1.165, 1.54) is 12.8 Å². The molecule has 0 aliphatic heterocycles. The molecule has 0 radical (unpaired) electrons. The highest BCUT2D eigenvalue weighted by atomic mass is 16.5. The lowest BCUT2D eigenvalue weighted by atomic mass is 10.0. The summed E-state index contributed by atoms with van der Waals surface area (Å²) >= 11 is 0. The highest BCUT2D eigenvalue weighted by molar-refractivity contribution is 5.91. The van der Waals surface area contributed by atoms with Gasteiger partial charge in [0.2, 0.25) is 0 Å². The van der Waals surface area contributed by atoms with Gasteiger partial charge in [-0.2, -0.15) is 5.26 Å². The fourth-order valence-corrected chi connectivity index (χ4v) is 4.58. The molecule has 0 saturated heterocycles. The molecule has 8 heteroatoms. The minimum Gasteiger partial charge on any atom is -0.494 e. The molecule has 238 valence electrons. The molecule has 0 N–H and O–H groups in total. The van der Waals surface area contributed by atoms with Crippen LogP contribution in [-0.2, 0) is 14.3 Å². The highest BCUT2D eigenvalue weighted by Crippen LogP contribution is 2.24. The monoisotopic (exact) mass is 613 g/mol. The third kappa shape index (κ3) is 12.9. The van der Waals surface area contributed by atoms with Crippen molar-refractivity contribution in [3.63, 3.8) is 0 Å². The minimum absolute atomic E-state index is 0.105. The van der Waals surface area contributed by atoms with Gasteiger partial charge in [0.1, 0.15) is 17.9 Å². The standard InChI is InChI=1S/C37H43NO7/c1-3-4-5-8-11-28(2)44-36(40)31-14-12-29(13-15-31)30-16-22-34(23-17-30)45-37(41)32-18-20-33(21-19-32)42-26-9-6-7-10-27-43-35(39)24-25-38/h12-23,28H,3-11,24,26-27H2,1-2H3/t28-/m0/s1. The number of benzene rings is 3. The Balaban J connectivity index is 1.38. The lowest BCUT2D eigenvalue weighted by Crippen LogP contribution is -2.15. The first-order valence-corrected chi connectivity index (χ1v) is 15.8. The number of ether oxygens (including phenoxy) is 4. The van der Waals surface area contributed by atoms with Crippen LogP contribution in [0, 0.1) is 11.3 Å². The fraction of sp³-hybridized carbons (Fsp3) is 0.405. The van der Waals surface area contributed by atoms with Crippen LogP contribution in [0.15, 0.2) is 72.8 Å². The van der Waals surface area contributed by atoms with Crippen molar-refractivity contribution in [2.75, 3.05) is 13.2 Å². The summed E-state index contributed by atoms with van der Waals surface area (Å²) in [6.45, 7) is 4.98. The van der Waals surface area contributed by atoms with Crippen LogP contribution < -0.4 is 9.47 Å². The van der Waals surface area contributed by atoms with Gasteiger partial charge in [-0.15, -0.1) is 0 Å². The molecule has 0 fully saturated rings. The Morgan fingerprint density at radius 1 is 0.689 bits per heavy atom. The third-order valence-corrected chi connectivity index (χ3v) is 7.18. The van der Waals surface area contributed by atoms with Gasteiger partial charge in [0.25, 0.3) is 0 Å². The van der Waals surface area contributed by atoms with E-state index in [4.69, 9.17) is 24.2 Å². The van der Waals surface area contributed by atoms with Gasteiger partial charge < -0.3 is 18.9 Å². The predicted octanol–water partition coefficient (Wildman–Crippen LogP) is 8.48. The zero-order valence-electron chi connectivity index (χ0n) is 26.3. The number of nitriles is 1. The molecule has 0 bridgehead atoms. The van der Waals surface area contributed by atoms with Crippen LogP contribution >= 0.6 is 0 Å². The Kier molecular flexibility index (Phi) is 15.2. The normalized spacial score (nSPS) is 11.2. The van der Waals surface area contributed by atoms with Crippen molar-refractivity contribution in [3.8, 4) is 28.7 Å². The van der Waals surface area contributed by atoms with Gasteiger partial charge in [-0.1, -0.05) is 50.5 Å². The van der Waals surface area contributed by atoms with E-state index in [0.717, 1.165) is 56.1 Å². The zero-order chi connectivity index (χ0) is 32.3. The Morgan fingerprint density at radius 2 is 1.24 bits per heavy atom. The maximum absolute atomic E-state index is 12.7. The second-order valence-corrected chi connectivity index (χ2v) is 10.9. The van der Waals surface area contributed by atoms with E-state index in [2.05, 4.69) is 6.92 Å². The van der Waals surface area contributed by atoms with Crippen LogP contribution in [0.3, 0.4) is 0 Å². The first-order valence-electron chi connectivity index (χ1n) is 15.8. The van der Waals surface area contributed by atoms with Crippen molar-refractivity contribution in [3.05, 3.63) is 83.9 Å². The summed E-state index contributed by atoms with van der Waals surface area (Å²) in [6.07, 6.45) is 8.59. The fourth-order valence-electron chi connectivity index (χ4n) is 4.58. The molecule has 0 aliphatic rings. The molecular weight excluding hydrogens is 570 g/mol. The van der Waals surface area contributed by atoms with Crippen molar-refractivity contribution in [1.29, 1.82) is 5.26 Å². The molecular formula is C37H43NO7. The number of hydrogen-bond acceptors (Lipinski definition) is 8. The second kappa shape index (κ2) is 19.6. The molecule has 3 rings (SSSR count). The average Bonchev–Trinajstić information content (AvgIpc) is 3.05. The molecule has 8 nitrogen and oxygen atoms in total. The lowest BCUT2D eigenvalue weighted by Gasteiger charge is -2.13. The van der Waals surface area contributed by atoms with E-state index in [0.29, 0.717) is 35.8 Å². The Bertz CT molecular complexity index is 1380. The summed E-state index contributed by atoms with van der Waals surface area (Å²) < 4.78 is 21.8. The summed E-state index contributed by atoms with van der Waals surface area (Å²) in [7, 11) is 0. The van der Waals surface area contributed by atoms with Gasteiger partial charge in [-0.05, 0) is 105 Å². The van der Waals surface area contributed by atoms with Crippen molar-refractivity contribution < 1.29 is 33.3 Å². The number of unbranched alkanes of at least 4 members (excludes halogenated alkanes) is 6. The summed E-state index contributed by atoms with van der Waals surface area (Å²) in [6, 6.07) is 23.1. The molecule has 3 aromatic carbocycles. The summed E-state index contributed by atoms with van der Waals surface area (Å²) in [5.41, 5.74) is 2.80. The van der Waals surface area contributed by atoms with Crippen LogP contribution in [0.5, 0.6) is 11.5 Å². The van der Waals surface area contributed by atoms with Gasteiger partial charge in [-0.3, -0.25) is 4.79 Å². The van der Waals surface area contributed by atoms with Gasteiger partial charge in [0.05, 0.1) is 36.5 Å². The number of rotatable bonds is 19. The van der Waals surface area contributed by atoms with E-state index < -0.39 is 11.9 Å². The maximum Gasteiger partial charge on any atom is 0.343 e. The average molecular weight is 614 g/mol. The molecule has 0 heterocycles. The maximum atomic E-state index is 12.7. The number of hydrogen-bond donors (Lipinski definition) is 0. The topological polar surface area (TPSA) is 112 Å². The van der Waals surface area contributed by atoms with Crippen LogP contribution in [-0.4, -0.2) is 37.2 Å². The van der Waals surface area contributed by atoms with Crippen molar-refractivity contribution in [2.24, 2.45) is 0 Å². The Hall–Kier alpha value is -4.64. The second-order valence-electron chi connectivity index (χ2n) is 10.9. The third-order valence-electron chi connectivity index (χ3n) is 7.18. The molecule has 3 aromatic rings. The van der Waals surface area contributed by atoms with Gasteiger partial charge in [0, 0.05) is 0 Å². The SMILES string of the molecule is CCCCCC[C@H](C)OC(=O)c1ccc(-c2ccc(OC(=O)c3ccc(OCCCCCCOC(=O)CC#N)cc3)cc2)cc1. The molecule has 0 amide bonds. The van der Waals surface area contributed by atoms with Crippen LogP contribution in [0.2, 0.25) is 0 Å². The summed E-state index contributed by atoms with van der Waals surface area (Å²) in [5.74, 6) is -0.168. The Labute approximate surface area is 266 Å². The molecule has 45 heavy (non-hydrogen) atoms. The van der Waals surface area contributed by atoms with E-state index in [-0.39, 0.29) is 18.5 Å². The zero-order valence-corrected chi connectivity index (χ0v) is 26.3. The van der Waals surface area contributed by atoms with Gasteiger partial charge in [-0.25, -0.2) is 9.59 Å². The molecule has 0 saturated carbocycles. The molecule has 0 aliphatic carbocycles. The van der Waals surface area contributed by atoms with Crippen LogP contribution in [0.1, 0.15) is 98.8 Å². The number of esters is 3. The summed E-state index contributed by atoms with van der Waals surface area (Å²) in [4.78, 5) is 36.3. The number of carbonyl (C=O) groups excluding carboxylic acids is 3. The lowest BCUT2D eigenvalue weighted by molar-refractivity contribution is -0.142. The largest absolute Gasteiger partial charge is 0.494 e. The first kappa shape index (κ1) is 34.8. The van der Waals surface area contributed by atoms with E-state index in [1.807, 2.05) is 31.2 Å². The predicted molar refractivity (Wildman–Crippen MR) is 172 cm³/mol. The van der Waals surface area contributed by atoms with E-state index in [1.54, 1.807) is 54.6 Å². The number of nitrogens with zero attached hydrogens (tertiary/aromatic N) is 1. The quantitative estimate of drug-likeness (QED) is 0.0752. The molecule has 0 aromatic heterocycles. The van der Waals surface area contributed by atoms with Crippen molar-refractivity contribution in [1.82, 2.24) is 0 Å². The smallest absolute Gasteiger partial charge is 0.343 e. The van der Waals surface area contributed by atoms with Crippen molar-refractivity contribution in [2.45, 2.75) is 84.2 Å². The van der Waals surface area contributed by atoms with E-state index >= 15 is 0 Å². The minimum atomic E-state index is -0.483. The van der Waals surface area contributed by atoms with Gasteiger partial charge in [0.15, 0.2) is 0 Å². The molecule has 1 atom stereocenters. The highest BCUT2D eigenvalue weighted by Gasteiger charge is 2.13. The number of carbonyl (C=O) groups is 3. The van der Waals surface area contributed by atoms with Crippen LogP contribution in [0.25, 0.3) is 11.1 Å². The van der Waals surface area contributed by atoms with Crippen molar-refractivity contribution >= 4 is 17.9 Å². The Morgan fingerprint density at radius 3 is 1.89 bits per heavy atom. The first-order chi connectivity index (χ1) is 21.9.